The molecule has 6 nitrogen and oxygen atoms in total. The minimum atomic E-state index is -0.445. The molecule has 0 saturated carbocycles. The molecule has 0 saturated heterocycles. The van der Waals surface area contributed by atoms with Gasteiger partial charge in [-0.25, -0.2) is 4.79 Å². The number of hydrogen-bond acceptors (Lipinski definition) is 5. The van der Waals surface area contributed by atoms with Gasteiger partial charge in [-0.2, -0.15) is 0 Å². The van der Waals surface area contributed by atoms with Crippen molar-refractivity contribution < 1.29 is 14.3 Å². The van der Waals surface area contributed by atoms with E-state index >= 15 is 0 Å². The van der Waals surface area contributed by atoms with Gasteiger partial charge < -0.3 is 15.4 Å². The summed E-state index contributed by atoms with van der Waals surface area (Å²) in [5, 5.41) is 6.03. The van der Waals surface area contributed by atoms with Crippen molar-refractivity contribution in [2.75, 3.05) is 17.7 Å². The van der Waals surface area contributed by atoms with Gasteiger partial charge in [0, 0.05) is 11.9 Å². The Morgan fingerprint density at radius 1 is 0.964 bits per heavy atom. The predicted molar refractivity (Wildman–Crippen MR) is 109 cm³/mol. The van der Waals surface area contributed by atoms with Crippen molar-refractivity contribution in [3.63, 3.8) is 0 Å². The van der Waals surface area contributed by atoms with Crippen LogP contribution in [0.1, 0.15) is 31.8 Å². The molecule has 0 unspecified atom stereocenters. The lowest BCUT2D eigenvalue weighted by Crippen LogP contribution is -2.13. The van der Waals surface area contributed by atoms with Crippen molar-refractivity contribution in [3.8, 4) is 0 Å². The number of para-hydroxylation sites is 1. The molecule has 3 aromatic rings. The predicted octanol–water partition coefficient (Wildman–Crippen LogP) is 4.48. The second kappa shape index (κ2) is 8.35. The number of nitrogens with zero attached hydrogens (tertiary/aromatic N) is 1. The number of carbonyl (C=O) groups excluding carboxylic acids is 2. The quantitative estimate of drug-likeness (QED) is 0.643. The number of rotatable bonds is 5. The average molecular weight is 375 g/mol. The number of aromatic nitrogens is 1. The highest BCUT2D eigenvalue weighted by Crippen LogP contribution is 2.22. The molecule has 0 aliphatic rings. The maximum Gasteiger partial charge on any atom is 0.339 e. The van der Waals surface area contributed by atoms with E-state index in [9.17, 15) is 9.59 Å². The minimum absolute atomic E-state index is 0.260. The molecule has 28 heavy (non-hydrogen) atoms. The van der Waals surface area contributed by atoms with E-state index in [0.717, 1.165) is 16.8 Å². The lowest BCUT2D eigenvalue weighted by Gasteiger charge is -2.12. The van der Waals surface area contributed by atoms with E-state index in [0.29, 0.717) is 22.5 Å². The number of pyridine rings is 1. The molecule has 0 spiro atoms. The van der Waals surface area contributed by atoms with Crippen molar-refractivity contribution in [3.05, 3.63) is 83.2 Å². The van der Waals surface area contributed by atoms with Gasteiger partial charge in [0.2, 0.25) is 0 Å². The Labute approximate surface area is 163 Å². The lowest BCUT2D eigenvalue weighted by atomic mass is 10.1. The third-order valence-corrected chi connectivity index (χ3v) is 4.24. The topological polar surface area (TPSA) is 80.3 Å². The standard InChI is InChI=1S/C22H21N3O3/c1-14-8-9-19(15(2)10-14)25-21(26)16-11-17(13-23-12-16)24-20-7-5-4-6-18(20)22(27)28-3/h4-13,24H,1-3H3,(H,25,26). The Morgan fingerprint density at radius 3 is 2.50 bits per heavy atom. The van der Waals surface area contributed by atoms with Crippen LogP contribution >= 0.6 is 0 Å². The van der Waals surface area contributed by atoms with Crippen molar-refractivity contribution in [1.82, 2.24) is 4.98 Å². The first-order chi connectivity index (χ1) is 13.5. The van der Waals surface area contributed by atoms with Gasteiger partial charge in [-0.1, -0.05) is 29.8 Å². The summed E-state index contributed by atoms with van der Waals surface area (Å²) in [6.07, 6.45) is 3.08. The SMILES string of the molecule is COC(=O)c1ccccc1Nc1cncc(C(=O)Nc2ccc(C)cc2C)c1. The third-order valence-electron chi connectivity index (χ3n) is 4.24. The van der Waals surface area contributed by atoms with Crippen LogP contribution in [0.4, 0.5) is 17.1 Å². The van der Waals surface area contributed by atoms with Crippen molar-refractivity contribution in [2.45, 2.75) is 13.8 Å². The Balaban J connectivity index is 1.81. The van der Waals surface area contributed by atoms with Gasteiger partial charge in [0.1, 0.15) is 0 Å². The van der Waals surface area contributed by atoms with Crippen LogP contribution in [0.5, 0.6) is 0 Å². The molecule has 2 N–H and O–H groups in total. The second-order valence-electron chi connectivity index (χ2n) is 6.40. The average Bonchev–Trinajstić information content (AvgIpc) is 2.70. The molecule has 0 aliphatic carbocycles. The van der Waals surface area contributed by atoms with Gasteiger partial charge in [0.15, 0.2) is 0 Å². The molecule has 142 valence electrons. The van der Waals surface area contributed by atoms with Gasteiger partial charge >= 0.3 is 5.97 Å². The number of esters is 1. The highest BCUT2D eigenvalue weighted by Gasteiger charge is 2.13. The second-order valence-corrected chi connectivity index (χ2v) is 6.40. The molecule has 1 aromatic heterocycles. The van der Waals surface area contributed by atoms with E-state index in [1.807, 2.05) is 32.0 Å². The van der Waals surface area contributed by atoms with E-state index in [4.69, 9.17) is 4.74 Å². The molecule has 0 aliphatic heterocycles. The number of ether oxygens (including phenoxy) is 1. The number of amides is 1. The van der Waals surface area contributed by atoms with Crippen LogP contribution in [0.3, 0.4) is 0 Å². The first kappa shape index (κ1) is 19.1. The zero-order chi connectivity index (χ0) is 20.1. The molecule has 0 fully saturated rings. The molecule has 1 heterocycles. The van der Waals surface area contributed by atoms with Crippen LogP contribution in [-0.2, 0) is 4.74 Å². The zero-order valence-corrected chi connectivity index (χ0v) is 15.9. The van der Waals surface area contributed by atoms with E-state index in [2.05, 4.69) is 15.6 Å². The molecule has 3 rings (SSSR count). The normalized spacial score (nSPS) is 10.2. The Kier molecular flexibility index (Phi) is 5.69. The smallest absolute Gasteiger partial charge is 0.339 e. The van der Waals surface area contributed by atoms with Crippen molar-refractivity contribution in [1.29, 1.82) is 0 Å². The summed E-state index contributed by atoms with van der Waals surface area (Å²) < 4.78 is 4.80. The fourth-order valence-corrected chi connectivity index (χ4v) is 2.82. The van der Waals surface area contributed by atoms with Crippen LogP contribution in [0.2, 0.25) is 0 Å². The highest BCUT2D eigenvalue weighted by molar-refractivity contribution is 6.05. The summed E-state index contributed by atoms with van der Waals surface area (Å²) >= 11 is 0. The summed E-state index contributed by atoms with van der Waals surface area (Å²) in [5.74, 6) is -0.704. The number of carbonyl (C=O) groups is 2. The van der Waals surface area contributed by atoms with Crippen LogP contribution < -0.4 is 10.6 Å². The molecule has 0 radical (unpaired) electrons. The van der Waals surface area contributed by atoms with Gasteiger partial charge in [-0.15, -0.1) is 0 Å². The number of hydrogen-bond donors (Lipinski definition) is 2. The Bertz CT molecular complexity index is 1030. The summed E-state index contributed by atoms with van der Waals surface area (Å²) in [6.45, 7) is 3.95. The van der Waals surface area contributed by atoms with E-state index in [-0.39, 0.29) is 5.91 Å². The Hall–Kier alpha value is -3.67. The van der Waals surface area contributed by atoms with Gasteiger partial charge in [0.05, 0.1) is 35.8 Å². The lowest BCUT2D eigenvalue weighted by molar-refractivity contribution is 0.0601. The van der Waals surface area contributed by atoms with Gasteiger partial charge in [0.25, 0.3) is 5.91 Å². The maximum atomic E-state index is 12.6. The molecule has 6 heteroatoms. The minimum Gasteiger partial charge on any atom is -0.465 e. The fraction of sp³-hybridized carbons (Fsp3) is 0.136. The van der Waals surface area contributed by atoms with Gasteiger partial charge in [-0.3, -0.25) is 9.78 Å². The summed E-state index contributed by atoms with van der Waals surface area (Å²) in [5.41, 5.74) is 4.84. The molecular formula is C22H21N3O3. The number of nitrogens with one attached hydrogen (secondary N) is 2. The molecule has 1 amide bonds. The van der Waals surface area contributed by atoms with Crippen LogP contribution in [0, 0.1) is 13.8 Å². The summed E-state index contributed by atoms with van der Waals surface area (Å²) in [7, 11) is 1.33. The number of aryl methyl sites for hydroxylation is 2. The van der Waals surface area contributed by atoms with Gasteiger partial charge in [-0.05, 0) is 43.7 Å². The first-order valence-corrected chi connectivity index (χ1v) is 8.76. The molecular weight excluding hydrogens is 354 g/mol. The van der Waals surface area contributed by atoms with E-state index in [1.54, 1.807) is 36.5 Å². The Morgan fingerprint density at radius 2 is 1.75 bits per heavy atom. The van der Waals surface area contributed by atoms with Crippen molar-refractivity contribution in [2.24, 2.45) is 0 Å². The van der Waals surface area contributed by atoms with Crippen LogP contribution in [-0.4, -0.2) is 24.0 Å². The van der Waals surface area contributed by atoms with Crippen LogP contribution in [0.25, 0.3) is 0 Å². The molecule has 0 atom stereocenters. The summed E-state index contributed by atoms with van der Waals surface area (Å²) in [6, 6.07) is 14.5. The van der Waals surface area contributed by atoms with Crippen LogP contribution in [0.15, 0.2) is 60.9 Å². The largest absolute Gasteiger partial charge is 0.465 e. The number of benzene rings is 2. The molecule has 0 bridgehead atoms. The first-order valence-electron chi connectivity index (χ1n) is 8.76. The number of methoxy groups -OCH3 is 1. The van der Waals surface area contributed by atoms with E-state index < -0.39 is 5.97 Å². The number of anilines is 3. The fourth-order valence-electron chi connectivity index (χ4n) is 2.82. The zero-order valence-electron chi connectivity index (χ0n) is 15.9. The van der Waals surface area contributed by atoms with E-state index in [1.165, 1.54) is 13.3 Å². The molecule has 2 aromatic carbocycles. The summed E-state index contributed by atoms with van der Waals surface area (Å²) in [4.78, 5) is 28.7. The third kappa shape index (κ3) is 4.35. The highest BCUT2D eigenvalue weighted by atomic mass is 16.5. The van der Waals surface area contributed by atoms with Crippen molar-refractivity contribution >= 4 is 28.9 Å². The monoisotopic (exact) mass is 375 g/mol. The maximum absolute atomic E-state index is 12.6.